The van der Waals surface area contributed by atoms with Gasteiger partial charge in [0, 0.05) is 10.2 Å². The number of thioether (sulfide) groups is 1. The van der Waals surface area contributed by atoms with Crippen molar-refractivity contribution in [1.82, 2.24) is 0 Å². The van der Waals surface area contributed by atoms with Crippen molar-refractivity contribution in [2.45, 2.75) is 6.54 Å². The van der Waals surface area contributed by atoms with E-state index in [-0.39, 0.29) is 0 Å². The first-order valence-electron chi connectivity index (χ1n) is 5.93. The standard InChI is InChI=1S/C15H15BrN2S/c1-19-15(17-11-12-6-3-2-4-7-12)18-14-9-5-8-13(16)10-14/h2-10H,11H2,1H3,(H,17,18). The molecule has 0 aliphatic heterocycles. The van der Waals surface area contributed by atoms with E-state index < -0.39 is 0 Å². The highest BCUT2D eigenvalue weighted by Crippen LogP contribution is 2.17. The highest BCUT2D eigenvalue weighted by Gasteiger charge is 1.99. The van der Waals surface area contributed by atoms with Crippen LogP contribution in [0.5, 0.6) is 0 Å². The van der Waals surface area contributed by atoms with E-state index in [2.05, 4.69) is 38.4 Å². The number of hydrogen-bond donors (Lipinski definition) is 1. The van der Waals surface area contributed by atoms with Crippen LogP contribution < -0.4 is 5.32 Å². The molecule has 0 aliphatic carbocycles. The average molecular weight is 335 g/mol. The predicted molar refractivity (Wildman–Crippen MR) is 88.9 cm³/mol. The molecule has 0 radical (unpaired) electrons. The van der Waals surface area contributed by atoms with Gasteiger partial charge in [-0.05, 0) is 30.0 Å². The third-order valence-corrected chi connectivity index (χ3v) is 3.63. The van der Waals surface area contributed by atoms with E-state index in [0.717, 1.165) is 15.3 Å². The maximum Gasteiger partial charge on any atom is 0.161 e. The van der Waals surface area contributed by atoms with E-state index in [4.69, 9.17) is 0 Å². The zero-order chi connectivity index (χ0) is 13.5. The fourth-order valence-electron chi connectivity index (χ4n) is 1.59. The summed E-state index contributed by atoms with van der Waals surface area (Å²) in [6, 6.07) is 18.3. The predicted octanol–water partition coefficient (Wildman–Crippen LogP) is 4.78. The van der Waals surface area contributed by atoms with Gasteiger partial charge in [-0.25, -0.2) is 0 Å². The van der Waals surface area contributed by atoms with Gasteiger partial charge in [-0.15, -0.1) is 0 Å². The summed E-state index contributed by atoms with van der Waals surface area (Å²) >= 11 is 5.08. The molecule has 0 atom stereocenters. The van der Waals surface area contributed by atoms with Crippen LogP contribution in [0.3, 0.4) is 0 Å². The highest BCUT2D eigenvalue weighted by atomic mass is 79.9. The lowest BCUT2D eigenvalue weighted by Crippen LogP contribution is -2.07. The van der Waals surface area contributed by atoms with Crippen molar-refractivity contribution < 1.29 is 0 Å². The van der Waals surface area contributed by atoms with Gasteiger partial charge in [0.2, 0.25) is 0 Å². The zero-order valence-electron chi connectivity index (χ0n) is 10.6. The quantitative estimate of drug-likeness (QED) is 0.645. The molecule has 2 aromatic carbocycles. The number of hydrogen-bond acceptors (Lipinski definition) is 2. The van der Waals surface area contributed by atoms with Crippen molar-refractivity contribution in [3.8, 4) is 0 Å². The van der Waals surface area contributed by atoms with Gasteiger partial charge in [-0.1, -0.05) is 64.1 Å². The number of anilines is 1. The van der Waals surface area contributed by atoms with Gasteiger partial charge in [-0.2, -0.15) is 0 Å². The van der Waals surface area contributed by atoms with Gasteiger partial charge in [0.25, 0.3) is 0 Å². The lowest BCUT2D eigenvalue weighted by molar-refractivity contribution is 1.07. The van der Waals surface area contributed by atoms with Gasteiger partial charge < -0.3 is 5.32 Å². The third kappa shape index (κ3) is 4.73. The van der Waals surface area contributed by atoms with Gasteiger partial charge in [0.1, 0.15) is 0 Å². The van der Waals surface area contributed by atoms with Gasteiger partial charge in [-0.3, -0.25) is 4.99 Å². The van der Waals surface area contributed by atoms with Crippen molar-refractivity contribution >= 4 is 38.5 Å². The summed E-state index contributed by atoms with van der Waals surface area (Å²) in [5.41, 5.74) is 2.25. The number of aliphatic imine (C=N–C) groups is 1. The molecule has 0 amide bonds. The van der Waals surface area contributed by atoms with Crippen molar-refractivity contribution in [3.63, 3.8) is 0 Å². The Hall–Kier alpha value is -1.26. The number of nitrogens with zero attached hydrogens (tertiary/aromatic N) is 1. The molecule has 1 N–H and O–H groups in total. The van der Waals surface area contributed by atoms with E-state index in [0.29, 0.717) is 6.54 Å². The molecule has 0 spiro atoms. The van der Waals surface area contributed by atoms with E-state index in [1.54, 1.807) is 11.8 Å². The topological polar surface area (TPSA) is 24.4 Å². The van der Waals surface area contributed by atoms with Crippen LogP contribution in [0, 0.1) is 0 Å². The molecule has 0 aromatic heterocycles. The molecular formula is C15H15BrN2S. The van der Waals surface area contributed by atoms with E-state index in [1.807, 2.05) is 48.7 Å². The molecule has 2 aromatic rings. The van der Waals surface area contributed by atoms with Crippen molar-refractivity contribution in [3.05, 3.63) is 64.6 Å². The Balaban J connectivity index is 2.04. The minimum Gasteiger partial charge on any atom is -0.335 e. The summed E-state index contributed by atoms with van der Waals surface area (Å²) in [5, 5.41) is 4.24. The molecule has 0 bridgehead atoms. The Morgan fingerprint density at radius 1 is 1.16 bits per heavy atom. The summed E-state index contributed by atoms with van der Waals surface area (Å²) < 4.78 is 1.06. The maximum absolute atomic E-state index is 4.59. The van der Waals surface area contributed by atoms with E-state index in [1.165, 1.54) is 5.56 Å². The zero-order valence-corrected chi connectivity index (χ0v) is 13.0. The molecule has 0 fully saturated rings. The second-order valence-corrected chi connectivity index (χ2v) is 5.66. The largest absolute Gasteiger partial charge is 0.335 e. The molecule has 4 heteroatoms. The van der Waals surface area contributed by atoms with Crippen LogP contribution >= 0.6 is 27.7 Å². The van der Waals surface area contributed by atoms with Gasteiger partial charge in [0.15, 0.2) is 5.17 Å². The average Bonchev–Trinajstić information content (AvgIpc) is 2.44. The smallest absolute Gasteiger partial charge is 0.161 e. The Morgan fingerprint density at radius 3 is 2.63 bits per heavy atom. The van der Waals surface area contributed by atoms with Crippen LogP contribution in [-0.2, 0) is 6.54 Å². The number of amidine groups is 1. The summed E-state index contributed by atoms with van der Waals surface area (Å²) in [6.45, 7) is 0.692. The highest BCUT2D eigenvalue weighted by molar-refractivity contribution is 9.10. The number of nitrogens with one attached hydrogen (secondary N) is 1. The number of rotatable bonds is 3. The molecule has 0 heterocycles. The van der Waals surface area contributed by atoms with Crippen LogP contribution in [-0.4, -0.2) is 11.4 Å². The summed E-state index contributed by atoms with van der Waals surface area (Å²) in [4.78, 5) is 4.59. The molecule has 0 aliphatic rings. The second kappa shape index (κ2) is 7.36. The van der Waals surface area contributed by atoms with Crippen molar-refractivity contribution in [2.75, 3.05) is 11.6 Å². The fourth-order valence-corrected chi connectivity index (χ4v) is 2.40. The van der Waals surface area contributed by atoms with Crippen LogP contribution in [0.2, 0.25) is 0 Å². The molecule has 2 rings (SSSR count). The number of benzene rings is 2. The second-order valence-electron chi connectivity index (χ2n) is 3.95. The van der Waals surface area contributed by atoms with Crippen LogP contribution in [0.1, 0.15) is 5.56 Å². The molecular weight excluding hydrogens is 320 g/mol. The normalized spacial score (nSPS) is 11.4. The van der Waals surface area contributed by atoms with Crippen molar-refractivity contribution in [1.29, 1.82) is 0 Å². The van der Waals surface area contributed by atoms with E-state index in [9.17, 15) is 0 Å². The summed E-state index contributed by atoms with van der Waals surface area (Å²) in [7, 11) is 0. The summed E-state index contributed by atoms with van der Waals surface area (Å²) in [6.07, 6.45) is 2.02. The Bertz CT molecular complexity index is 555. The number of halogens is 1. The van der Waals surface area contributed by atoms with Crippen LogP contribution in [0.15, 0.2) is 64.1 Å². The fraction of sp³-hybridized carbons (Fsp3) is 0.133. The third-order valence-electron chi connectivity index (χ3n) is 2.52. The Labute approximate surface area is 126 Å². The molecule has 0 unspecified atom stereocenters. The maximum atomic E-state index is 4.59. The first-order valence-corrected chi connectivity index (χ1v) is 7.94. The molecule has 0 saturated heterocycles. The summed E-state index contributed by atoms with van der Waals surface area (Å²) in [5.74, 6) is 0. The van der Waals surface area contributed by atoms with Crippen LogP contribution in [0.25, 0.3) is 0 Å². The molecule has 19 heavy (non-hydrogen) atoms. The first-order chi connectivity index (χ1) is 9.28. The SMILES string of the molecule is CSC(=NCc1ccccc1)Nc1cccc(Br)c1. The monoisotopic (exact) mass is 334 g/mol. The molecule has 0 saturated carbocycles. The van der Waals surface area contributed by atoms with Gasteiger partial charge >= 0.3 is 0 Å². The molecule has 2 nitrogen and oxygen atoms in total. The first kappa shape index (κ1) is 14.2. The van der Waals surface area contributed by atoms with E-state index >= 15 is 0 Å². The van der Waals surface area contributed by atoms with Crippen molar-refractivity contribution in [2.24, 2.45) is 4.99 Å². The Morgan fingerprint density at radius 2 is 1.95 bits per heavy atom. The lowest BCUT2D eigenvalue weighted by Gasteiger charge is -2.08. The minimum absolute atomic E-state index is 0.692. The Kier molecular flexibility index (Phi) is 5.48. The minimum atomic E-state index is 0.692. The lowest BCUT2D eigenvalue weighted by atomic mass is 10.2. The van der Waals surface area contributed by atoms with Crippen LogP contribution in [0.4, 0.5) is 5.69 Å². The van der Waals surface area contributed by atoms with Gasteiger partial charge in [0.05, 0.1) is 6.54 Å². The molecule has 98 valence electrons.